The molecule has 0 aromatic carbocycles. The average molecular weight is 253 g/mol. The summed E-state index contributed by atoms with van der Waals surface area (Å²) >= 11 is 1.97. The molecule has 1 amide bonds. The molecule has 0 saturated carbocycles. The van der Waals surface area contributed by atoms with E-state index in [-0.39, 0.29) is 10.7 Å². The van der Waals surface area contributed by atoms with E-state index in [0.29, 0.717) is 10.8 Å². The Morgan fingerprint density at radius 3 is 2.88 bits per heavy atom. The van der Waals surface area contributed by atoms with Crippen LogP contribution < -0.4 is 0 Å². The summed E-state index contributed by atoms with van der Waals surface area (Å²) < 4.78 is 5.21. The Bertz CT molecular complexity index is 381. The van der Waals surface area contributed by atoms with Gasteiger partial charge in [-0.3, -0.25) is 4.79 Å². The Kier molecular flexibility index (Phi) is 3.52. The first kappa shape index (κ1) is 12.6. The van der Waals surface area contributed by atoms with Gasteiger partial charge in [-0.15, -0.1) is 0 Å². The van der Waals surface area contributed by atoms with Crippen molar-refractivity contribution in [2.75, 3.05) is 13.1 Å². The van der Waals surface area contributed by atoms with Crippen LogP contribution in [0, 0.1) is 0 Å². The van der Waals surface area contributed by atoms with Gasteiger partial charge in [0.05, 0.1) is 11.8 Å². The summed E-state index contributed by atoms with van der Waals surface area (Å²) in [5.41, 5.74) is 0.659. The summed E-state index contributed by atoms with van der Waals surface area (Å²) in [5, 5.41) is 0.561. The number of hydrogen-bond acceptors (Lipinski definition) is 3. The Morgan fingerprint density at radius 1 is 1.53 bits per heavy atom. The maximum absolute atomic E-state index is 12.1. The molecule has 1 aromatic rings. The first-order valence-electron chi connectivity index (χ1n) is 5.95. The van der Waals surface area contributed by atoms with E-state index >= 15 is 0 Å². The first-order valence-corrected chi connectivity index (χ1v) is 6.83. The van der Waals surface area contributed by atoms with E-state index in [1.807, 2.05) is 16.7 Å². The fourth-order valence-electron chi connectivity index (χ4n) is 2.08. The van der Waals surface area contributed by atoms with Crippen LogP contribution in [0.25, 0.3) is 0 Å². The van der Waals surface area contributed by atoms with Gasteiger partial charge < -0.3 is 9.32 Å². The fourth-order valence-corrected chi connectivity index (χ4v) is 3.56. The topological polar surface area (TPSA) is 33.5 Å². The van der Waals surface area contributed by atoms with Crippen molar-refractivity contribution in [3.63, 3.8) is 0 Å². The monoisotopic (exact) mass is 253 g/mol. The largest absolute Gasteiger partial charge is 0.472 e. The second-order valence-corrected chi connectivity index (χ2v) is 7.53. The lowest BCUT2D eigenvalue weighted by Gasteiger charge is -2.22. The molecule has 2 heterocycles. The second-order valence-electron chi connectivity index (χ2n) is 5.40. The molecule has 94 valence electrons. The van der Waals surface area contributed by atoms with Crippen LogP contribution in [0.3, 0.4) is 0 Å². The third-order valence-electron chi connectivity index (χ3n) is 2.72. The predicted octanol–water partition coefficient (Wildman–Crippen LogP) is 3.03. The molecule has 0 radical (unpaired) electrons. The maximum atomic E-state index is 12.1. The third kappa shape index (κ3) is 3.28. The maximum Gasteiger partial charge on any atom is 0.257 e. The highest BCUT2D eigenvalue weighted by molar-refractivity contribution is 8.01. The molecule has 17 heavy (non-hydrogen) atoms. The summed E-state index contributed by atoms with van der Waals surface area (Å²) in [6.45, 7) is 8.37. The molecular formula is C13H19NO2S. The van der Waals surface area contributed by atoms with E-state index < -0.39 is 0 Å². The Balaban J connectivity index is 1.92. The number of carbonyl (C=O) groups excluding carboxylic acids is 1. The molecular weight excluding hydrogens is 234 g/mol. The van der Waals surface area contributed by atoms with E-state index in [0.717, 1.165) is 19.5 Å². The molecule has 0 bridgehead atoms. The summed E-state index contributed by atoms with van der Waals surface area (Å²) in [7, 11) is 0. The summed E-state index contributed by atoms with van der Waals surface area (Å²) in [6.07, 6.45) is 4.16. The molecule has 0 aliphatic carbocycles. The van der Waals surface area contributed by atoms with E-state index in [1.54, 1.807) is 12.3 Å². The van der Waals surface area contributed by atoms with Crippen molar-refractivity contribution >= 4 is 17.7 Å². The standard InChI is InChI=1S/C13H19NO2S/c1-13(2,3)17-11-4-6-14(8-11)12(15)10-5-7-16-9-10/h5,7,9,11H,4,6,8H2,1-3H3/t11-/m1/s1. The van der Waals surface area contributed by atoms with Crippen LogP contribution >= 0.6 is 11.8 Å². The van der Waals surface area contributed by atoms with Crippen LogP contribution in [0.1, 0.15) is 37.6 Å². The number of hydrogen-bond donors (Lipinski definition) is 0. The highest BCUT2D eigenvalue weighted by Crippen LogP contribution is 2.33. The van der Waals surface area contributed by atoms with Crippen LogP contribution in [-0.2, 0) is 0 Å². The van der Waals surface area contributed by atoms with E-state index in [9.17, 15) is 4.79 Å². The van der Waals surface area contributed by atoms with Crippen molar-refractivity contribution in [1.82, 2.24) is 4.90 Å². The lowest BCUT2D eigenvalue weighted by Crippen LogP contribution is -2.29. The van der Waals surface area contributed by atoms with Crippen molar-refractivity contribution in [1.29, 1.82) is 0 Å². The quantitative estimate of drug-likeness (QED) is 0.812. The van der Waals surface area contributed by atoms with Crippen LogP contribution in [-0.4, -0.2) is 33.9 Å². The second kappa shape index (κ2) is 4.77. The van der Waals surface area contributed by atoms with Gasteiger partial charge in [-0.25, -0.2) is 0 Å². The normalized spacial score (nSPS) is 20.9. The smallest absolute Gasteiger partial charge is 0.257 e. The van der Waals surface area contributed by atoms with Crippen molar-refractivity contribution in [3.05, 3.63) is 24.2 Å². The van der Waals surface area contributed by atoms with Crippen molar-refractivity contribution in [2.24, 2.45) is 0 Å². The number of carbonyl (C=O) groups is 1. The average Bonchev–Trinajstić information content (AvgIpc) is 2.83. The molecule has 1 aliphatic heterocycles. The number of rotatable bonds is 2. The van der Waals surface area contributed by atoms with Crippen LogP contribution in [0.15, 0.2) is 23.0 Å². The zero-order valence-electron chi connectivity index (χ0n) is 10.6. The van der Waals surface area contributed by atoms with Gasteiger partial charge >= 0.3 is 0 Å². The van der Waals surface area contributed by atoms with Gasteiger partial charge in [0.1, 0.15) is 6.26 Å². The Labute approximate surface area is 107 Å². The summed E-state index contributed by atoms with van der Waals surface area (Å²) in [4.78, 5) is 14.0. The molecule has 0 spiro atoms. The van der Waals surface area contributed by atoms with Gasteiger partial charge in [-0.05, 0) is 12.5 Å². The predicted molar refractivity (Wildman–Crippen MR) is 70.4 cm³/mol. The Hall–Kier alpha value is -0.900. The van der Waals surface area contributed by atoms with Gasteiger partial charge in [0.15, 0.2) is 0 Å². The van der Waals surface area contributed by atoms with E-state index in [4.69, 9.17) is 4.42 Å². The minimum absolute atomic E-state index is 0.0933. The number of nitrogens with zero attached hydrogens (tertiary/aromatic N) is 1. The van der Waals surface area contributed by atoms with Crippen LogP contribution in [0.2, 0.25) is 0 Å². The molecule has 1 atom stereocenters. The number of furan rings is 1. The van der Waals surface area contributed by atoms with E-state index in [1.165, 1.54) is 6.26 Å². The molecule has 3 nitrogen and oxygen atoms in total. The first-order chi connectivity index (χ1) is 7.96. The zero-order valence-corrected chi connectivity index (χ0v) is 11.4. The van der Waals surface area contributed by atoms with Crippen molar-refractivity contribution in [3.8, 4) is 0 Å². The molecule has 0 unspecified atom stereocenters. The SMILES string of the molecule is CC(C)(C)S[C@@H]1CCN(C(=O)c2ccoc2)C1. The lowest BCUT2D eigenvalue weighted by molar-refractivity contribution is 0.0792. The molecule has 0 N–H and O–H groups in total. The molecule has 1 aliphatic rings. The van der Waals surface area contributed by atoms with E-state index in [2.05, 4.69) is 20.8 Å². The van der Waals surface area contributed by atoms with Gasteiger partial charge in [-0.2, -0.15) is 11.8 Å². The van der Waals surface area contributed by atoms with Gasteiger partial charge in [0.25, 0.3) is 5.91 Å². The Morgan fingerprint density at radius 2 is 2.29 bits per heavy atom. The van der Waals surface area contributed by atoms with Gasteiger partial charge in [0.2, 0.25) is 0 Å². The van der Waals surface area contributed by atoms with Gasteiger partial charge in [0, 0.05) is 23.1 Å². The molecule has 4 heteroatoms. The van der Waals surface area contributed by atoms with Crippen molar-refractivity contribution < 1.29 is 9.21 Å². The summed E-state index contributed by atoms with van der Waals surface area (Å²) in [5.74, 6) is 0.0933. The molecule has 1 aromatic heterocycles. The lowest BCUT2D eigenvalue weighted by atomic mass is 10.3. The van der Waals surface area contributed by atoms with Gasteiger partial charge in [-0.1, -0.05) is 20.8 Å². The fraction of sp³-hybridized carbons (Fsp3) is 0.615. The highest BCUT2D eigenvalue weighted by atomic mass is 32.2. The third-order valence-corrected chi connectivity index (χ3v) is 4.15. The molecule has 1 saturated heterocycles. The number of amides is 1. The molecule has 2 rings (SSSR count). The van der Waals surface area contributed by atoms with Crippen LogP contribution in [0.4, 0.5) is 0 Å². The van der Waals surface area contributed by atoms with Crippen molar-refractivity contribution in [2.45, 2.75) is 37.2 Å². The number of likely N-dealkylation sites (tertiary alicyclic amines) is 1. The zero-order chi connectivity index (χ0) is 12.5. The highest BCUT2D eigenvalue weighted by Gasteiger charge is 2.30. The summed E-state index contributed by atoms with van der Waals surface area (Å²) in [6, 6.07) is 1.73. The minimum atomic E-state index is 0.0933. The van der Waals surface area contributed by atoms with Crippen LogP contribution in [0.5, 0.6) is 0 Å². The minimum Gasteiger partial charge on any atom is -0.472 e. The molecule has 1 fully saturated rings. The number of thioether (sulfide) groups is 1.